The van der Waals surface area contributed by atoms with Crippen molar-refractivity contribution in [2.24, 2.45) is 11.7 Å². The summed E-state index contributed by atoms with van der Waals surface area (Å²) in [5.74, 6) is 0.229. The Bertz CT molecular complexity index is 627. The number of rotatable bonds is 6. The van der Waals surface area contributed by atoms with Crippen molar-refractivity contribution < 1.29 is 13.3 Å². The average molecular weight is 327 g/mol. The first-order valence-corrected chi connectivity index (χ1v) is 8.89. The molecule has 3 N–H and O–H groups in total. The van der Waals surface area contributed by atoms with Crippen LogP contribution in [-0.4, -0.2) is 25.9 Å². The fourth-order valence-corrected chi connectivity index (χ4v) is 4.26. The smallest absolute Gasteiger partial charge is 0.270 e. The molecule has 1 aromatic rings. The van der Waals surface area contributed by atoms with Gasteiger partial charge in [-0.25, -0.2) is 13.1 Å². The third-order valence-electron chi connectivity index (χ3n) is 4.12. The number of nitrogens with one attached hydrogen (secondary N) is 1. The summed E-state index contributed by atoms with van der Waals surface area (Å²) >= 11 is 0. The van der Waals surface area contributed by atoms with Crippen LogP contribution in [-0.2, 0) is 10.0 Å². The number of nitro groups is 1. The highest BCUT2D eigenvalue weighted by atomic mass is 32.2. The van der Waals surface area contributed by atoms with Gasteiger partial charge in [0.2, 0.25) is 10.0 Å². The van der Waals surface area contributed by atoms with Gasteiger partial charge in [0.15, 0.2) is 0 Å². The Morgan fingerprint density at radius 1 is 1.32 bits per heavy atom. The SMILES string of the molecule is NCC(NS(=O)(=O)c1cccc([N+](=O)[O-])c1)C1CCCCC1. The molecule has 1 aromatic carbocycles. The predicted octanol–water partition coefficient (Wildman–Crippen LogP) is 1.78. The lowest BCUT2D eigenvalue weighted by Gasteiger charge is -2.29. The van der Waals surface area contributed by atoms with E-state index < -0.39 is 14.9 Å². The number of hydrogen-bond acceptors (Lipinski definition) is 5. The molecule has 0 amide bonds. The van der Waals surface area contributed by atoms with Gasteiger partial charge in [-0.1, -0.05) is 25.3 Å². The van der Waals surface area contributed by atoms with Crippen molar-refractivity contribution in [1.82, 2.24) is 4.72 Å². The molecular formula is C14H21N3O4S. The van der Waals surface area contributed by atoms with E-state index >= 15 is 0 Å². The molecule has 1 fully saturated rings. The second kappa shape index (κ2) is 7.17. The number of nitrogens with two attached hydrogens (primary N) is 1. The van der Waals surface area contributed by atoms with Gasteiger partial charge in [-0.05, 0) is 24.8 Å². The molecule has 122 valence electrons. The first kappa shape index (κ1) is 16.9. The summed E-state index contributed by atoms with van der Waals surface area (Å²) in [6.07, 6.45) is 5.25. The van der Waals surface area contributed by atoms with Crippen LogP contribution in [0.2, 0.25) is 0 Å². The Morgan fingerprint density at radius 2 is 2.00 bits per heavy atom. The van der Waals surface area contributed by atoms with Crippen molar-refractivity contribution in [3.8, 4) is 0 Å². The Kier molecular flexibility index (Phi) is 5.49. The summed E-state index contributed by atoms with van der Waals surface area (Å²) < 4.78 is 27.5. The highest BCUT2D eigenvalue weighted by molar-refractivity contribution is 7.89. The Balaban J connectivity index is 2.18. The minimum absolute atomic E-state index is 0.101. The van der Waals surface area contributed by atoms with Gasteiger partial charge < -0.3 is 5.73 Å². The van der Waals surface area contributed by atoms with Crippen LogP contribution < -0.4 is 10.5 Å². The lowest BCUT2D eigenvalue weighted by Crippen LogP contribution is -2.45. The molecule has 1 aliphatic rings. The molecule has 1 saturated carbocycles. The van der Waals surface area contributed by atoms with Gasteiger partial charge in [-0.15, -0.1) is 0 Å². The minimum atomic E-state index is -3.81. The van der Waals surface area contributed by atoms with Gasteiger partial charge >= 0.3 is 0 Å². The summed E-state index contributed by atoms with van der Waals surface area (Å²) in [4.78, 5) is 10.1. The number of nitrogens with zero attached hydrogens (tertiary/aromatic N) is 1. The van der Waals surface area contributed by atoms with Gasteiger partial charge in [0.25, 0.3) is 5.69 Å². The third-order valence-corrected chi connectivity index (χ3v) is 5.61. The minimum Gasteiger partial charge on any atom is -0.329 e. The van der Waals surface area contributed by atoms with E-state index in [4.69, 9.17) is 5.73 Å². The predicted molar refractivity (Wildman–Crippen MR) is 82.8 cm³/mol. The zero-order valence-electron chi connectivity index (χ0n) is 12.3. The van der Waals surface area contributed by atoms with Crippen molar-refractivity contribution in [2.75, 3.05) is 6.54 Å². The maximum absolute atomic E-state index is 12.4. The summed E-state index contributed by atoms with van der Waals surface area (Å²) in [5, 5.41) is 10.8. The van der Waals surface area contributed by atoms with E-state index in [1.807, 2.05) is 0 Å². The molecule has 22 heavy (non-hydrogen) atoms. The number of sulfonamides is 1. The van der Waals surface area contributed by atoms with Crippen molar-refractivity contribution in [1.29, 1.82) is 0 Å². The van der Waals surface area contributed by atoms with E-state index in [0.717, 1.165) is 31.7 Å². The second-order valence-corrected chi connectivity index (χ2v) is 7.33. The molecule has 0 saturated heterocycles. The van der Waals surface area contributed by atoms with Gasteiger partial charge in [-0.3, -0.25) is 10.1 Å². The van der Waals surface area contributed by atoms with Crippen molar-refractivity contribution in [2.45, 2.75) is 43.0 Å². The normalized spacial score (nSPS) is 18.0. The van der Waals surface area contributed by atoms with Gasteiger partial charge in [0.1, 0.15) is 0 Å². The standard InChI is InChI=1S/C14H21N3O4S/c15-10-14(11-5-2-1-3-6-11)16-22(20,21)13-8-4-7-12(9-13)17(18)19/h4,7-9,11,14,16H,1-3,5-6,10,15H2. The molecule has 7 nitrogen and oxygen atoms in total. The van der Waals surface area contributed by atoms with E-state index in [1.165, 1.54) is 24.6 Å². The maximum atomic E-state index is 12.4. The number of hydrogen-bond donors (Lipinski definition) is 2. The summed E-state index contributed by atoms with van der Waals surface area (Å²) in [7, 11) is -3.81. The maximum Gasteiger partial charge on any atom is 0.270 e. The zero-order chi connectivity index (χ0) is 16.2. The van der Waals surface area contributed by atoms with Crippen LogP contribution >= 0.6 is 0 Å². The molecular weight excluding hydrogens is 306 g/mol. The van der Waals surface area contributed by atoms with Crippen molar-refractivity contribution in [3.05, 3.63) is 34.4 Å². The van der Waals surface area contributed by atoms with Crippen LogP contribution in [0.15, 0.2) is 29.2 Å². The quantitative estimate of drug-likeness (QED) is 0.610. The summed E-state index contributed by atoms with van der Waals surface area (Å²) in [6.45, 7) is 0.221. The van der Waals surface area contributed by atoms with E-state index in [-0.39, 0.29) is 29.1 Å². The Morgan fingerprint density at radius 3 is 2.59 bits per heavy atom. The molecule has 0 radical (unpaired) electrons. The van der Waals surface area contributed by atoms with Gasteiger partial charge in [0.05, 0.1) is 9.82 Å². The molecule has 0 spiro atoms. The molecule has 1 unspecified atom stereocenters. The fraction of sp³-hybridized carbons (Fsp3) is 0.571. The third kappa shape index (κ3) is 4.02. The van der Waals surface area contributed by atoms with Crippen molar-refractivity contribution >= 4 is 15.7 Å². The van der Waals surface area contributed by atoms with Crippen LogP contribution in [0.25, 0.3) is 0 Å². The average Bonchev–Trinajstić information content (AvgIpc) is 2.53. The largest absolute Gasteiger partial charge is 0.329 e. The molecule has 1 aliphatic carbocycles. The first-order valence-electron chi connectivity index (χ1n) is 7.41. The van der Waals surface area contributed by atoms with Gasteiger partial charge in [0, 0.05) is 24.7 Å². The number of nitro benzene ring substituents is 1. The van der Waals surface area contributed by atoms with Crippen LogP contribution in [0.4, 0.5) is 5.69 Å². The van der Waals surface area contributed by atoms with Crippen LogP contribution in [0.3, 0.4) is 0 Å². The molecule has 0 aliphatic heterocycles. The molecule has 8 heteroatoms. The van der Waals surface area contributed by atoms with Crippen molar-refractivity contribution in [3.63, 3.8) is 0 Å². The zero-order valence-corrected chi connectivity index (χ0v) is 13.1. The lowest BCUT2D eigenvalue weighted by atomic mass is 9.84. The van der Waals surface area contributed by atoms with E-state index in [1.54, 1.807) is 0 Å². The van der Waals surface area contributed by atoms with E-state index in [2.05, 4.69) is 4.72 Å². The molecule has 2 rings (SSSR count). The molecule has 0 bridgehead atoms. The molecule has 0 aromatic heterocycles. The van der Waals surface area contributed by atoms with Crippen LogP contribution in [0.5, 0.6) is 0 Å². The topological polar surface area (TPSA) is 115 Å². The Hall–Kier alpha value is -1.51. The molecule has 1 atom stereocenters. The van der Waals surface area contributed by atoms with Gasteiger partial charge in [-0.2, -0.15) is 0 Å². The first-order chi connectivity index (χ1) is 10.4. The molecule has 0 heterocycles. The monoisotopic (exact) mass is 327 g/mol. The summed E-state index contributed by atoms with van der Waals surface area (Å²) in [6, 6.07) is 4.72. The van der Waals surface area contributed by atoms with Crippen LogP contribution in [0.1, 0.15) is 32.1 Å². The summed E-state index contributed by atoms with van der Waals surface area (Å²) in [5.41, 5.74) is 5.49. The Labute approximate surface area is 130 Å². The fourth-order valence-electron chi connectivity index (χ4n) is 2.90. The highest BCUT2D eigenvalue weighted by Gasteiger charge is 2.28. The number of benzene rings is 1. The number of non-ortho nitro benzene ring substituents is 1. The van der Waals surface area contributed by atoms with Crippen LogP contribution in [0, 0.1) is 16.0 Å². The lowest BCUT2D eigenvalue weighted by molar-refractivity contribution is -0.385. The van der Waals surface area contributed by atoms with E-state index in [9.17, 15) is 18.5 Å². The van der Waals surface area contributed by atoms with E-state index in [0.29, 0.717) is 0 Å². The highest BCUT2D eigenvalue weighted by Crippen LogP contribution is 2.27. The second-order valence-electron chi connectivity index (χ2n) is 5.62.